The molecule has 0 amide bonds. The van der Waals surface area contributed by atoms with Gasteiger partial charge in [-0.3, -0.25) is 9.88 Å². The molecule has 1 N–H and O–H groups in total. The van der Waals surface area contributed by atoms with Crippen molar-refractivity contribution in [2.75, 3.05) is 26.7 Å². The third kappa shape index (κ3) is 4.07. The largest absolute Gasteiger partial charge is 0.320 e. The Kier molecular flexibility index (Phi) is 5.62. The molecule has 0 radical (unpaired) electrons. The fraction of sp³-hybridized carbons (Fsp3) is 0.667. The number of piperidine rings is 1. The summed E-state index contributed by atoms with van der Waals surface area (Å²) in [5.41, 5.74) is 1.22. The van der Waals surface area contributed by atoms with Crippen molar-refractivity contribution in [1.82, 2.24) is 15.2 Å². The molecule has 3 heteroatoms. The first-order valence-electron chi connectivity index (χ1n) is 7.18. The Labute approximate surface area is 111 Å². The van der Waals surface area contributed by atoms with Crippen molar-refractivity contribution in [3.05, 3.63) is 30.1 Å². The van der Waals surface area contributed by atoms with Crippen molar-refractivity contribution in [3.8, 4) is 0 Å². The lowest BCUT2D eigenvalue weighted by molar-refractivity contribution is 0.142. The summed E-state index contributed by atoms with van der Waals surface area (Å²) < 4.78 is 0. The van der Waals surface area contributed by atoms with E-state index in [9.17, 15) is 0 Å². The minimum Gasteiger partial charge on any atom is -0.320 e. The van der Waals surface area contributed by atoms with Crippen LogP contribution < -0.4 is 5.32 Å². The average molecular weight is 247 g/mol. The highest BCUT2D eigenvalue weighted by atomic mass is 15.2. The number of likely N-dealkylation sites (tertiary alicyclic amines) is 1. The summed E-state index contributed by atoms with van der Waals surface area (Å²) in [6.45, 7) is 3.55. The van der Waals surface area contributed by atoms with Gasteiger partial charge in [-0.15, -0.1) is 0 Å². The normalized spacial score (nSPS) is 21.1. The molecule has 1 fully saturated rings. The van der Waals surface area contributed by atoms with Crippen LogP contribution in [0.2, 0.25) is 0 Å². The van der Waals surface area contributed by atoms with Gasteiger partial charge in [0, 0.05) is 30.9 Å². The van der Waals surface area contributed by atoms with E-state index in [4.69, 9.17) is 0 Å². The summed E-state index contributed by atoms with van der Waals surface area (Å²) in [5.74, 6) is 0. The van der Waals surface area contributed by atoms with Crippen molar-refractivity contribution in [2.45, 2.75) is 38.1 Å². The highest BCUT2D eigenvalue weighted by molar-refractivity contribution is 5.04. The van der Waals surface area contributed by atoms with Crippen molar-refractivity contribution in [1.29, 1.82) is 0 Å². The summed E-state index contributed by atoms with van der Waals surface area (Å²) in [5, 5.41) is 3.27. The molecular weight excluding hydrogens is 222 g/mol. The predicted molar refractivity (Wildman–Crippen MR) is 75.7 cm³/mol. The predicted octanol–water partition coefficient (Wildman–Crippen LogP) is 2.09. The molecule has 0 aliphatic carbocycles. The summed E-state index contributed by atoms with van der Waals surface area (Å²) in [4.78, 5) is 7.07. The van der Waals surface area contributed by atoms with Gasteiger partial charge in [0.25, 0.3) is 0 Å². The third-order valence-electron chi connectivity index (χ3n) is 3.86. The van der Waals surface area contributed by atoms with Gasteiger partial charge in [0.15, 0.2) is 0 Å². The Balaban J connectivity index is 1.81. The molecule has 0 aromatic carbocycles. The van der Waals surface area contributed by atoms with E-state index in [1.807, 2.05) is 19.3 Å². The number of pyridine rings is 1. The fourth-order valence-corrected chi connectivity index (χ4v) is 2.80. The molecule has 0 saturated carbocycles. The maximum atomic E-state index is 4.41. The van der Waals surface area contributed by atoms with E-state index in [0.29, 0.717) is 0 Å². The Morgan fingerprint density at radius 1 is 1.39 bits per heavy atom. The van der Waals surface area contributed by atoms with Crippen LogP contribution >= 0.6 is 0 Å². The maximum absolute atomic E-state index is 4.41. The van der Waals surface area contributed by atoms with Crippen LogP contribution in [0.1, 0.15) is 31.4 Å². The van der Waals surface area contributed by atoms with Crippen molar-refractivity contribution in [3.63, 3.8) is 0 Å². The van der Waals surface area contributed by atoms with Gasteiger partial charge in [-0.25, -0.2) is 0 Å². The zero-order valence-corrected chi connectivity index (χ0v) is 11.4. The van der Waals surface area contributed by atoms with Crippen LogP contribution in [-0.4, -0.2) is 42.6 Å². The minimum atomic E-state index is 0.773. The molecule has 1 aliphatic rings. The first-order chi connectivity index (χ1) is 8.90. The molecule has 2 rings (SSSR count). The molecule has 3 nitrogen and oxygen atoms in total. The van der Waals surface area contributed by atoms with Gasteiger partial charge in [-0.2, -0.15) is 0 Å². The Morgan fingerprint density at radius 3 is 3.11 bits per heavy atom. The second-order valence-corrected chi connectivity index (χ2v) is 5.15. The van der Waals surface area contributed by atoms with Crippen LogP contribution in [0.15, 0.2) is 24.4 Å². The van der Waals surface area contributed by atoms with Crippen LogP contribution in [0.25, 0.3) is 0 Å². The molecule has 0 spiro atoms. The first kappa shape index (κ1) is 13.5. The van der Waals surface area contributed by atoms with Gasteiger partial charge < -0.3 is 5.32 Å². The smallest absolute Gasteiger partial charge is 0.0416 e. The molecule has 1 saturated heterocycles. The molecule has 1 aliphatic heterocycles. The summed E-state index contributed by atoms with van der Waals surface area (Å²) >= 11 is 0. The monoisotopic (exact) mass is 247 g/mol. The Hall–Kier alpha value is -0.930. The van der Waals surface area contributed by atoms with Crippen LogP contribution in [-0.2, 0) is 6.42 Å². The van der Waals surface area contributed by atoms with Gasteiger partial charge >= 0.3 is 0 Å². The van der Waals surface area contributed by atoms with E-state index < -0.39 is 0 Å². The topological polar surface area (TPSA) is 28.2 Å². The molecule has 1 unspecified atom stereocenters. The third-order valence-corrected chi connectivity index (χ3v) is 3.86. The van der Waals surface area contributed by atoms with E-state index in [-0.39, 0.29) is 0 Å². The summed E-state index contributed by atoms with van der Waals surface area (Å²) in [6.07, 6.45) is 8.37. The fourth-order valence-electron chi connectivity index (χ4n) is 2.80. The highest BCUT2D eigenvalue weighted by Crippen LogP contribution is 2.19. The molecule has 1 aromatic rings. The number of aromatic nitrogens is 1. The zero-order valence-electron chi connectivity index (χ0n) is 11.4. The second-order valence-electron chi connectivity index (χ2n) is 5.15. The Bertz CT molecular complexity index is 326. The maximum Gasteiger partial charge on any atom is 0.0416 e. The Morgan fingerprint density at radius 2 is 2.33 bits per heavy atom. The molecular formula is C15H25N3. The number of nitrogens with zero attached hydrogens (tertiary/aromatic N) is 2. The van der Waals surface area contributed by atoms with Gasteiger partial charge in [0.1, 0.15) is 0 Å². The molecule has 100 valence electrons. The van der Waals surface area contributed by atoms with E-state index in [0.717, 1.165) is 25.6 Å². The SMILES string of the molecule is CNCCC1CCCCN1CCc1ccccn1. The van der Waals surface area contributed by atoms with Gasteiger partial charge in [0.05, 0.1) is 0 Å². The van der Waals surface area contributed by atoms with E-state index in [1.54, 1.807) is 0 Å². The van der Waals surface area contributed by atoms with Crippen LogP contribution in [0.5, 0.6) is 0 Å². The number of hydrogen-bond donors (Lipinski definition) is 1. The summed E-state index contributed by atoms with van der Waals surface area (Å²) in [6, 6.07) is 6.97. The highest BCUT2D eigenvalue weighted by Gasteiger charge is 2.21. The van der Waals surface area contributed by atoms with Crippen LogP contribution in [0.4, 0.5) is 0 Å². The van der Waals surface area contributed by atoms with Gasteiger partial charge in [-0.05, 0) is 51.5 Å². The lowest BCUT2D eigenvalue weighted by Crippen LogP contribution is -2.42. The lowest BCUT2D eigenvalue weighted by atomic mass is 9.99. The second kappa shape index (κ2) is 7.49. The molecule has 0 bridgehead atoms. The molecule has 2 heterocycles. The van der Waals surface area contributed by atoms with Gasteiger partial charge in [-0.1, -0.05) is 12.5 Å². The van der Waals surface area contributed by atoms with Crippen molar-refractivity contribution in [2.24, 2.45) is 0 Å². The van der Waals surface area contributed by atoms with Gasteiger partial charge in [0.2, 0.25) is 0 Å². The summed E-state index contributed by atoms with van der Waals surface area (Å²) in [7, 11) is 2.04. The quantitative estimate of drug-likeness (QED) is 0.834. The van der Waals surface area contributed by atoms with E-state index in [1.165, 1.54) is 37.9 Å². The molecule has 1 aromatic heterocycles. The number of hydrogen-bond acceptors (Lipinski definition) is 3. The van der Waals surface area contributed by atoms with Crippen LogP contribution in [0, 0.1) is 0 Å². The van der Waals surface area contributed by atoms with Crippen molar-refractivity contribution < 1.29 is 0 Å². The standard InChI is InChI=1S/C15H25N3/c1-16-11-8-15-7-3-5-12-18(15)13-9-14-6-2-4-10-17-14/h2,4,6,10,15-16H,3,5,7-9,11-13H2,1H3. The molecule has 1 atom stereocenters. The van der Waals surface area contributed by atoms with Crippen LogP contribution in [0.3, 0.4) is 0 Å². The zero-order chi connectivity index (χ0) is 12.6. The average Bonchev–Trinajstić information content (AvgIpc) is 2.45. The first-order valence-corrected chi connectivity index (χ1v) is 7.18. The molecule has 18 heavy (non-hydrogen) atoms. The van der Waals surface area contributed by atoms with Crippen molar-refractivity contribution >= 4 is 0 Å². The number of nitrogens with one attached hydrogen (secondary N) is 1. The minimum absolute atomic E-state index is 0.773. The lowest BCUT2D eigenvalue weighted by Gasteiger charge is -2.35. The van der Waals surface area contributed by atoms with E-state index >= 15 is 0 Å². The number of rotatable bonds is 6. The van der Waals surface area contributed by atoms with E-state index in [2.05, 4.69) is 27.3 Å².